The molecule has 4 aromatic carbocycles. The summed E-state index contributed by atoms with van der Waals surface area (Å²) in [7, 11) is -0.254. The summed E-state index contributed by atoms with van der Waals surface area (Å²) >= 11 is 0. The Bertz CT molecular complexity index is 1250. The van der Waals surface area contributed by atoms with Crippen LogP contribution in [0.4, 0.5) is 0 Å². The van der Waals surface area contributed by atoms with Crippen molar-refractivity contribution >= 4 is 21.1 Å². The van der Waals surface area contributed by atoms with Crippen LogP contribution >= 0.6 is 10.5 Å². The fourth-order valence-corrected chi connectivity index (χ4v) is 7.22. The molecule has 1 heterocycles. The van der Waals surface area contributed by atoms with Gasteiger partial charge in [-0.15, -0.1) is 10.5 Å². The molecule has 0 bridgehead atoms. The van der Waals surface area contributed by atoms with Crippen molar-refractivity contribution in [2.75, 3.05) is 0 Å². The van der Waals surface area contributed by atoms with Crippen molar-refractivity contribution in [1.82, 2.24) is 0 Å². The molecule has 0 N–H and O–H groups in total. The molecule has 6 rings (SSSR count). The number of hydrogen-bond donors (Lipinski definition) is 0. The van der Waals surface area contributed by atoms with Crippen LogP contribution in [0.15, 0.2) is 107 Å². The molecule has 0 aromatic heterocycles. The Morgan fingerprint density at radius 1 is 0.517 bits per heavy atom. The van der Waals surface area contributed by atoms with E-state index in [1.54, 1.807) is 0 Å². The molecule has 0 atom stereocenters. The summed E-state index contributed by atoms with van der Waals surface area (Å²) in [5.41, 5.74) is 6.54. The van der Waals surface area contributed by atoms with E-state index in [4.69, 9.17) is 0 Å². The zero-order valence-corrected chi connectivity index (χ0v) is 16.6. The van der Waals surface area contributed by atoms with E-state index in [2.05, 4.69) is 60.7 Å². The van der Waals surface area contributed by atoms with E-state index in [9.17, 15) is 4.79 Å². The summed E-state index contributed by atoms with van der Waals surface area (Å²) in [6.07, 6.45) is 0.964. The van der Waals surface area contributed by atoms with Gasteiger partial charge in [0, 0.05) is 25.8 Å². The number of carbonyl (C=O) groups excluding carboxylic acids is 1. The van der Waals surface area contributed by atoms with Crippen LogP contribution in [0.1, 0.15) is 38.2 Å². The predicted molar refractivity (Wildman–Crippen MR) is 119 cm³/mol. The maximum Gasteiger partial charge on any atom is 0.194 e. The van der Waals surface area contributed by atoms with Gasteiger partial charge in [0.15, 0.2) is 5.78 Å². The number of rotatable bonds is 0. The van der Waals surface area contributed by atoms with Crippen molar-refractivity contribution in [3.8, 4) is 0 Å². The third kappa shape index (κ3) is 2.43. The Kier molecular flexibility index (Phi) is 3.68. The fraction of sp³-hybridized carbons (Fsp3) is 0.0370. The summed E-state index contributed by atoms with van der Waals surface area (Å²) in [6.45, 7) is 0. The lowest BCUT2D eigenvalue weighted by Crippen LogP contribution is -2.22. The van der Waals surface area contributed by atoms with Crippen LogP contribution < -0.4 is 0 Å². The van der Waals surface area contributed by atoms with Gasteiger partial charge in [-0.2, -0.15) is 0 Å². The summed E-state index contributed by atoms with van der Waals surface area (Å²) in [5, 5.41) is 0. The van der Waals surface area contributed by atoms with E-state index in [0.717, 1.165) is 28.7 Å². The molecule has 0 amide bonds. The quantitative estimate of drug-likeness (QED) is 0.287. The molecule has 4 aromatic rings. The van der Waals surface area contributed by atoms with E-state index in [1.807, 2.05) is 36.4 Å². The third-order valence-electron chi connectivity index (χ3n) is 5.80. The summed E-state index contributed by atoms with van der Waals surface area (Å²) in [6, 6.07) is 33.8. The summed E-state index contributed by atoms with van der Waals surface area (Å²) in [5.74, 6) is 0.127. The highest BCUT2D eigenvalue weighted by molar-refractivity contribution is 8.16. The van der Waals surface area contributed by atoms with Crippen molar-refractivity contribution in [3.63, 3.8) is 0 Å². The van der Waals surface area contributed by atoms with E-state index in [0.29, 0.717) is 0 Å². The third-order valence-corrected chi connectivity index (χ3v) is 8.33. The molecule has 0 fully saturated rings. The molecule has 1 nitrogen and oxygen atoms in total. The van der Waals surface area contributed by atoms with Gasteiger partial charge in [0.25, 0.3) is 0 Å². The molecule has 138 valence electrons. The molecule has 0 radical (unpaired) electrons. The number of benzene rings is 4. The molecule has 1 aliphatic heterocycles. The Labute approximate surface area is 172 Å². The second-order valence-corrected chi connectivity index (χ2v) is 9.35. The minimum atomic E-state index is -0.254. The van der Waals surface area contributed by atoms with Gasteiger partial charge in [0.1, 0.15) is 0 Å². The predicted octanol–water partition coefficient (Wildman–Crippen LogP) is 6.09. The van der Waals surface area contributed by atoms with E-state index in [-0.39, 0.29) is 16.3 Å². The van der Waals surface area contributed by atoms with Crippen LogP contribution in [0.5, 0.6) is 0 Å². The van der Waals surface area contributed by atoms with Crippen LogP contribution in [-0.4, -0.2) is 10.6 Å². The Morgan fingerprint density at radius 3 is 1.45 bits per heavy atom. The van der Waals surface area contributed by atoms with Gasteiger partial charge in [-0.25, -0.2) is 0 Å². The lowest BCUT2D eigenvalue weighted by molar-refractivity contribution is 0.103. The average Bonchev–Trinajstić information content (AvgIpc) is 2.79. The second-order valence-electron chi connectivity index (χ2n) is 7.45. The zero-order valence-electron chi connectivity index (χ0n) is 15.8. The highest BCUT2D eigenvalue weighted by atomic mass is 32.2. The first-order chi connectivity index (χ1) is 14.3. The Hall–Kier alpha value is -3.23. The first-order valence-corrected chi connectivity index (χ1v) is 11.1. The summed E-state index contributed by atoms with van der Waals surface area (Å²) < 4.78 is 0. The number of fused-ring (bicyclic) bond motifs is 4. The average molecular weight is 391 g/mol. The first kappa shape index (κ1) is 16.7. The topological polar surface area (TPSA) is 17.1 Å². The molecule has 0 saturated carbocycles. The molecular weight excluding hydrogens is 372 g/mol. The van der Waals surface area contributed by atoms with Crippen molar-refractivity contribution < 1.29 is 4.79 Å². The molecule has 1 aliphatic carbocycles. The maximum absolute atomic E-state index is 13.2. The van der Waals surface area contributed by atoms with E-state index in [1.165, 1.54) is 25.8 Å². The molecule has 2 aliphatic rings. The van der Waals surface area contributed by atoms with Crippen LogP contribution in [-0.2, 0) is 6.42 Å². The largest absolute Gasteiger partial charge is 0.289 e. The van der Waals surface area contributed by atoms with Crippen LogP contribution in [0.25, 0.3) is 0 Å². The van der Waals surface area contributed by atoms with Gasteiger partial charge in [-0.1, -0.05) is 84.9 Å². The lowest BCUT2D eigenvalue weighted by Gasteiger charge is -2.30. The SMILES string of the molecule is O=C1c2ccccc2C(=S2c3ccccc3Cc3ccccc32)c2ccccc21. The lowest BCUT2D eigenvalue weighted by atomic mass is 9.85. The van der Waals surface area contributed by atoms with E-state index >= 15 is 0 Å². The highest BCUT2D eigenvalue weighted by Gasteiger charge is 2.31. The van der Waals surface area contributed by atoms with Crippen LogP contribution in [0.3, 0.4) is 0 Å². The Balaban J connectivity index is 1.82. The van der Waals surface area contributed by atoms with Gasteiger partial charge in [0.05, 0.1) is 0 Å². The van der Waals surface area contributed by atoms with Crippen molar-refractivity contribution in [2.45, 2.75) is 16.2 Å². The molecule has 29 heavy (non-hydrogen) atoms. The summed E-state index contributed by atoms with van der Waals surface area (Å²) in [4.78, 5) is 17.2. The molecule has 0 saturated heterocycles. The zero-order chi connectivity index (χ0) is 19.4. The van der Waals surface area contributed by atoms with Gasteiger partial charge >= 0.3 is 0 Å². The van der Waals surface area contributed by atoms with Gasteiger partial charge in [-0.3, -0.25) is 4.79 Å². The van der Waals surface area contributed by atoms with Crippen molar-refractivity contribution in [2.24, 2.45) is 0 Å². The maximum atomic E-state index is 13.2. The smallest absolute Gasteiger partial charge is 0.194 e. The monoisotopic (exact) mass is 390 g/mol. The normalized spacial score (nSPS) is 14.6. The number of hydrogen-bond acceptors (Lipinski definition) is 1. The highest BCUT2D eigenvalue weighted by Crippen LogP contribution is 2.49. The van der Waals surface area contributed by atoms with Gasteiger partial charge in [-0.05, 0) is 40.8 Å². The number of ketones is 1. The molecule has 2 heteroatoms. The standard InChI is InChI=1S/C27H18OS/c28-26-20-11-3-5-13-22(20)27(23-14-6-4-12-21(23)26)29-24-15-7-1-9-18(24)17-19-10-2-8-16-25(19)29/h1-16H,17H2. The van der Waals surface area contributed by atoms with Crippen LogP contribution in [0.2, 0.25) is 0 Å². The Morgan fingerprint density at radius 2 is 0.931 bits per heavy atom. The van der Waals surface area contributed by atoms with Crippen LogP contribution in [0, 0.1) is 0 Å². The molecular formula is C27H18OS. The number of carbonyl (C=O) groups is 1. The molecule has 0 spiro atoms. The minimum absolute atomic E-state index is 0.127. The fourth-order valence-electron chi connectivity index (χ4n) is 4.51. The van der Waals surface area contributed by atoms with Gasteiger partial charge < -0.3 is 0 Å². The van der Waals surface area contributed by atoms with Crippen molar-refractivity contribution in [1.29, 1.82) is 0 Å². The first-order valence-electron chi connectivity index (χ1n) is 9.83. The van der Waals surface area contributed by atoms with E-state index < -0.39 is 0 Å². The van der Waals surface area contributed by atoms with Crippen molar-refractivity contribution in [3.05, 3.63) is 130 Å². The minimum Gasteiger partial charge on any atom is -0.289 e. The van der Waals surface area contributed by atoms with Gasteiger partial charge in [0.2, 0.25) is 0 Å². The second kappa shape index (κ2) is 6.40. The molecule has 0 unspecified atom stereocenters.